The average molecular weight is 237 g/mol. The van der Waals surface area contributed by atoms with E-state index in [4.69, 9.17) is 9.84 Å². The van der Waals surface area contributed by atoms with Gasteiger partial charge in [-0.2, -0.15) is 0 Å². The van der Waals surface area contributed by atoms with Gasteiger partial charge in [-0.15, -0.1) is 0 Å². The highest BCUT2D eigenvalue weighted by Crippen LogP contribution is 2.17. The zero-order valence-corrected chi connectivity index (χ0v) is 9.88. The van der Waals surface area contributed by atoms with E-state index in [1.807, 2.05) is 11.9 Å². The standard InChI is InChI=1S/C11H15N3O3/c1-7-9(10(15)16)5-12-11(13-7)14(2)8-3-4-17-6-8/h5,8H,3-4,6H2,1-2H3,(H,15,16). The van der Waals surface area contributed by atoms with Gasteiger partial charge in [0.25, 0.3) is 0 Å². The third-order valence-corrected chi connectivity index (χ3v) is 2.97. The Labute approximate surface area is 99.2 Å². The van der Waals surface area contributed by atoms with Gasteiger partial charge in [-0.1, -0.05) is 0 Å². The summed E-state index contributed by atoms with van der Waals surface area (Å²) in [5, 5.41) is 8.89. The number of aromatic carboxylic acids is 1. The summed E-state index contributed by atoms with van der Waals surface area (Å²) in [5.74, 6) is -0.455. The summed E-state index contributed by atoms with van der Waals surface area (Å²) in [6.45, 7) is 3.09. The molecule has 0 radical (unpaired) electrons. The molecule has 6 heteroatoms. The Morgan fingerprint density at radius 3 is 2.94 bits per heavy atom. The van der Waals surface area contributed by atoms with Gasteiger partial charge in [0.2, 0.25) is 5.95 Å². The van der Waals surface area contributed by atoms with Crippen LogP contribution in [-0.4, -0.2) is 47.3 Å². The molecule has 0 aliphatic carbocycles. The van der Waals surface area contributed by atoms with Crippen molar-refractivity contribution in [1.29, 1.82) is 0 Å². The van der Waals surface area contributed by atoms with Crippen molar-refractivity contribution in [2.24, 2.45) is 0 Å². The fourth-order valence-corrected chi connectivity index (χ4v) is 1.83. The molecule has 0 saturated carbocycles. The minimum absolute atomic E-state index is 0.143. The fraction of sp³-hybridized carbons (Fsp3) is 0.545. The van der Waals surface area contributed by atoms with E-state index in [0.717, 1.165) is 13.0 Å². The van der Waals surface area contributed by atoms with Crippen LogP contribution in [-0.2, 0) is 4.74 Å². The maximum atomic E-state index is 10.8. The molecule has 2 rings (SSSR count). The second-order valence-electron chi connectivity index (χ2n) is 4.10. The molecule has 6 nitrogen and oxygen atoms in total. The molecule has 92 valence electrons. The van der Waals surface area contributed by atoms with Crippen molar-refractivity contribution in [2.75, 3.05) is 25.2 Å². The Balaban J connectivity index is 2.21. The van der Waals surface area contributed by atoms with Crippen molar-refractivity contribution in [3.05, 3.63) is 17.5 Å². The summed E-state index contributed by atoms with van der Waals surface area (Å²) in [5.41, 5.74) is 0.623. The number of hydrogen-bond donors (Lipinski definition) is 1. The van der Waals surface area contributed by atoms with E-state index in [1.54, 1.807) is 6.92 Å². The molecule has 1 unspecified atom stereocenters. The molecule has 2 heterocycles. The van der Waals surface area contributed by atoms with Crippen LogP contribution in [0, 0.1) is 6.92 Å². The molecule has 0 spiro atoms. The van der Waals surface area contributed by atoms with Crippen molar-refractivity contribution < 1.29 is 14.6 Å². The Morgan fingerprint density at radius 2 is 2.41 bits per heavy atom. The molecule has 17 heavy (non-hydrogen) atoms. The first-order chi connectivity index (χ1) is 8.09. The molecule has 1 fully saturated rings. The number of carbonyl (C=O) groups is 1. The van der Waals surface area contributed by atoms with E-state index in [-0.39, 0.29) is 11.6 Å². The molecule has 0 amide bonds. The minimum Gasteiger partial charge on any atom is -0.478 e. The van der Waals surface area contributed by atoms with Crippen LogP contribution in [0.2, 0.25) is 0 Å². The van der Waals surface area contributed by atoms with Crippen molar-refractivity contribution in [1.82, 2.24) is 9.97 Å². The van der Waals surface area contributed by atoms with E-state index >= 15 is 0 Å². The molecule has 1 N–H and O–H groups in total. The predicted molar refractivity (Wildman–Crippen MR) is 61.4 cm³/mol. The summed E-state index contributed by atoms with van der Waals surface area (Å²) in [6.07, 6.45) is 2.30. The summed E-state index contributed by atoms with van der Waals surface area (Å²) >= 11 is 0. The summed E-state index contributed by atoms with van der Waals surface area (Å²) in [7, 11) is 1.90. The van der Waals surface area contributed by atoms with Crippen LogP contribution < -0.4 is 4.90 Å². The van der Waals surface area contributed by atoms with Crippen LogP contribution in [0.1, 0.15) is 22.5 Å². The van der Waals surface area contributed by atoms with Gasteiger partial charge in [0.05, 0.1) is 23.9 Å². The van der Waals surface area contributed by atoms with Gasteiger partial charge in [0, 0.05) is 19.9 Å². The van der Waals surface area contributed by atoms with Crippen LogP contribution in [0.25, 0.3) is 0 Å². The van der Waals surface area contributed by atoms with Gasteiger partial charge in [-0.25, -0.2) is 14.8 Å². The molecule has 1 aromatic rings. The third-order valence-electron chi connectivity index (χ3n) is 2.97. The monoisotopic (exact) mass is 237 g/mol. The quantitative estimate of drug-likeness (QED) is 0.834. The normalized spacial score (nSPS) is 19.3. The largest absolute Gasteiger partial charge is 0.478 e. The molecule has 1 saturated heterocycles. The first-order valence-electron chi connectivity index (χ1n) is 5.47. The summed E-state index contributed by atoms with van der Waals surface area (Å²) < 4.78 is 5.30. The average Bonchev–Trinajstić information content (AvgIpc) is 2.80. The van der Waals surface area contributed by atoms with Crippen LogP contribution in [0.15, 0.2) is 6.20 Å². The zero-order chi connectivity index (χ0) is 12.4. The van der Waals surface area contributed by atoms with E-state index in [9.17, 15) is 4.79 Å². The second-order valence-corrected chi connectivity index (χ2v) is 4.10. The number of hydrogen-bond acceptors (Lipinski definition) is 5. The second kappa shape index (κ2) is 4.67. The Bertz CT molecular complexity index is 430. The molecule has 0 aromatic carbocycles. The van der Waals surface area contributed by atoms with Crippen molar-refractivity contribution in [3.8, 4) is 0 Å². The number of carboxylic acids is 1. The van der Waals surface area contributed by atoms with Gasteiger partial charge in [-0.3, -0.25) is 0 Å². The highest BCUT2D eigenvalue weighted by molar-refractivity contribution is 5.88. The molecular formula is C11H15N3O3. The molecule has 1 aliphatic heterocycles. The molecular weight excluding hydrogens is 222 g/mol. The maximum Gasteiger partial charge on any atom is 0.339 e. The van der Waals surface area contributed by atoms with Crippen LogP contribution in [0.3, 0.4) is 0 Å². The van der Waals surface area contributed by atoms with Crippen LogP contribution in [0.4, 0.5) is 5.95 Å². The first-order valence-corrected chi connectivity index (χ1v) is 5.47. The van der Waals surface area contributed by atoms with E-state index in [0.29, 0.717) is 18.2 Å². The SMILES string of the molecule is Cc1nc(N(C)C2CCOC2)ncc1C(=O)O. The first kappa shape index (κ1) is 11.8. The number of anilines is 1. The van der Waals surface area contributed by atoms with E-state index in [1.165, 1.54) is 6.20 Å². The molecule has 0 bridgehead atoms. The number of rotatable bonds is 3. The predicted octanol–water partition coefficient (Wildman–Crippen LogP) is 0.708. The minimum atomic E-state index is -0.999. The lowest BCUT2D eigenvalue weighted by Gasteiger charge is -2.23. The zero-order valence-electron chi connectivity index (χ0n) is 9.88. The lowest BCUT2D eigenvalue weighted by molar-refractivity contribution is 0.0695. The Kier molecular flexibility index (Phi) is 3.23. The lowest BCUT2D eigenvalue weighted by Crippen LogP contribution is -2.33. The van der Waals surface area contributed by atoms with Crippen molar-refractivity contribution >= 4 is 11.9 Å². The number of nitrogens with zero attached hydrogens (tertiary/aromatic N) is 3. The van der Waals surface area contributed by atoms with E-state index in [2.05, 4.69) is 9.97 Å². The van der Waals surface area contributed by atoms with E-state index < -0.39 is 5.97 Å². The summed E-state index contributed by atoms with van der Waals surface area (Å²) in [4.78, 5) is 21.1. The molecule has 1 aliphatic rings. The fourth-order valence-electron chi connectivity index (χ4n) is 1.83. The van der Waals surface area contributed by atoms with Crippen molar-refractivity contribution in [3.63, 3.8) is 0 Å². The number of carboxylic acid groups (broad SMARTS) is 1. The van der Waals surface area contributed by atoms with Crippen LogP contribution in [0.5, 0.6) is 0 Å². The lowest BCUT2D eigenvalue weighted by atomic mass is 10.2. The van der Waals surface area contributed by atoms with Gasteiger partial charge in [0.15, 0.2) is 0 Å². The smallest absolute Gasteiger partial charge is 0.339 e. The Morgan fingerprint density at radius 1 is 1.65 bits per heavy atom. The van der Waals surface area contributed by atoms with Gasteiger partial charge in [0.1, 0.15) is 0 Å². The number of likely N-dealkylation sites (N-methyl/N-ethyl adjacent to an activating group) is 1. The van der Waals surface area contributed by atoms with Crippen LogP contribution >= 0.6 is 0 Å². The van der Waals surface area contributed by atoms with Gasteiger partial charge >= 0.3 is 5.97 Å². The third kappa shape index (κ3) is 2.36. The number of ether oxygens (including phenoxy) is 1. The maximum absolute atomic E-state index is 10.8. The summed E-state index contributed by atoms with van der Waals surface area (Å²) in [6, 6.07) is 0.269. The Hall–Kier alpha value is -1.69. The number of aromatic nitrogens is 2. The molecule has 1 atom stereocenters. The topological polar surface area (TPSA) is 75.5 Å². The highest BCUT2D eigenvalue weighted by atomic mass is 16.5. The van der Waals surface area contributed by atoms with Gasteiger partial charge < -0.3 is 14.7 Å². The van der Waals surface area contributed by atoms with Crippen molar-refractivity contribution in [2.45, 2.75) is 19.4 Å². The molecule has 1 aromatic heterocycles. The van der Waals surface area contributed by atoms with Gasteiger partial charge in [-0.05, 0) is 13.3 Å². The number of aryl methyl sites for hydroxylation is 1. The highest BCUT2D eigenvalue weighted by Gasteiger charge is 2.23.